The number of ether oxygens (including phenoxy) is 2. The number of hydrazine groups is 1. The van der Waals surface area contributed by atoms with Crippen molar-refractivity contribution in [2.24, 2.45) is 5.84 Å². The highest BCUT2D eigenvalue weighted by atomic mass is 16.6. The summed E-state index contributed by atoms with van der Waals surface area (Å²) in [5, 5.41) is 0. The molecule has 0 spiro atoms. The zero-order valence-corrected chi connectivity index (χ0v) is 6.45. The zero-order valence-electron chi connectivity index (χ0n) is 6.45. The number of hydrogen-bond donors (Lipinski definition) is 2. The Morgan fingerprint density at radius 2 is 2.45 bits per heavy atom. The van der Waals surface area contributed by atoms with Crippen LogP contribution in [0.3, 0.4) is 0 Å². The van der Waals surface area contributed by atoms with Gasteiger partial charge in [-0.15, -0.1) is 6.58 Å². The Bertz CT molecular complexity index is 124. The van der Waals surface area contributed by atoms with Crippen LogP contribution in [0.25, 0.3) is 0 Å². The number of nitrogens with two attached hydrogens (primary N) is 1. The summed E-state index contributed by atoms with van der Waals surface area (Å²) in [6.45, 7) is 5.52. The molecule has 0 aromatic carbocycles. The smallest absolute Gasteiger partial charge is 0.101 e. The number of nitrogens with one attached hydrogen (secondary N) is 1. The number of hydrogen-bond acceptors (Lipinski definition) is 4. The molecule has 64 valence electrons. The highest BCUT2D eigenvalue weighted by molar-refractivity contribution is 4.91. The van der Waals surface area contributed by atoms with E-state index < -0.39 is 0 Å². The van der Waals surface area contributed by atoms with Gasteiger partial charge in [-0.3, -0.25) is 11.3 Å². The first-order valence-corrected chi connectivity index (χ1v) is 3.66. The minimum absolute atomic E-state index is 0.00579. The van der Waals surface area contributed by atoms with Gasteiger partial charge in [0.1, 0.15) is 6.10 Å². The highest BCUT2D eigenvalue weighted by Crippen LogP contribution is 2.05. The molecule has 2 unspecified atom stereocenters. The summed E-state index contributed by atoms with van der Waals surface area (Å²) in [5.41, 5.74) is 2.60. The van der Waals surface area contributed by atoms with Crippen LogP contribution in [-0.2, 0) is 9.47 Å². The van der Waals surface area contributed by atoms with E-state index >= 15 is 0 Å². The van der Waals surface area contributed by atoms with E-state index in [4.69, 9.17) is 15.3 Å². The van der Waals surface area contributed by atoms with Crippen LogP contribution in [-0.4, -0.2) is 32.0 Å². The molecule has 0 bridgehead atoms. The van der Waals surface area contributed by atoms with E-state index in [-0.39, 0.29) is 12.1 Å². The molecule has 3 N–H and O–H groups in total. The van der Waals surface area contributed by atoms with Crippen LogP contribution in [0.5, 0.6) is 0 Å². The third-order valence-electron chi connectivity index (χ3n) is 1.69. The molecular formula is C7H14N2O2. The van der Waals surface area contributed by atoms with Crippen molar-refractivity contribution in [3.05, 3.63) is 12.7 Å². The predicted octanol–water partition coefficient (Wildman–Crippen LogP) is -0.580. The van der Waals surface area contributed by atoms with Gasteiger partial charge < -0.3 is 9.47 Å². The molecule has 0 aromatic heterocycles. The predicted molar refractivity (Wildman–Crippen MR) is 41.9 cm³/mol. The number of rotatable bonds is 3. The standard InChI is InChI=1S/C7H14N2O2/c1-2-6(9-8)7-5-10-3-4-11-7/h2,6-7,9H,1,3-5,8H2. The van der Waals surface area contributed by atoms with Crippen molar-refractivity contribution in [2.45, 2.75) is 12.1 Å². The molecule has 4 nitrogen and oxygen atoms in total. The van der Waals surface area contributed by atoms with Crippen molar-refractivity contribution in [2.75, 3.05) is 19.8 Å². The Kier molecular flexibility index (Phi) is 3.51. The maximum atomic E-state index is 5.38. The Balaban J connectivity index is 2.35. The van der Waals surface area contributed by atoms with E-state index in [1.807, 2.05) is 0 Å². The minimum atomic E-state index is -0.0182. The maximum absolute atomic E-state index is 5.38. The van der Waals surface area contributed by atoms with Crippen molar-refractivity contribution < 1.29 is 9.47 Å². The van der Waals surface area contributed by atoms with Crippen molar-refractivity contribution in [3.8, 4) is 0 Å². The first-order chi connectivity index (χ1) is 5.38. The average molecular weight is 158 g/mol. The molecule has 4 heteroatoms. The molecule has 0 amide bonds. The van der Waals surface area contributed by atoms with E-state index in [1.54, 1.807) is 6.08 Å². The summed E-state index contributed by atoms with van der Waals surface area (Å²) in [4.78, 5) is 0. The van der Waals surface area contributed by atoms with Gasteiger partial charge >= 0.3 is 0 Å². The molecular weight excluding hydrogens is 144 g/mol. The lowest BCUT2D eigenvalue weighted by Gasteiger charge is -2.27. The van der Waals surface area contributed by atoms with Gasteiger partial charge in [0.15, 0.2) is 0 Å². The fraction of sp³-hybridized carbons (Fsp3) is 0.714. The summed E-state index contributed by atoms with van der Waals surface area (Å²) in [7, 11) is 0. The van der Waals surface area contributed by atoms with Crippen molar-refractivity contribution >= 4 is 0 Å². The lowest BCUT2D eigenvalue weighted by molar-refractivity contribution is -0.0955. The zero-order chi connectivity index (χ0) is 8.10. The average Bonchev–Trinajstić information content (AvgIpc) is 2.09. The first kappa shape index (κ1) is 8.67. The van der Waals surface area contributed by atoms with Gasteiger partial charge in [0.25, 0.3) is 0 Å². The first-order valence-electron chi connectivity index (χ1n) is 3.66. The van der Waals surface area contributed by atoms with E-state index in [9.17, 15) is 0 Å². The molecule has 11 heavy (non-hydrogen) atoms. The van der Waals surface area contributed by atoms with Crippen molar-refractivity contribution in [1.82, 2.24) is 5.43 Å². The molecule has 1 heterocycles. The molecule has 1 saturated heterocycles. The van der Waals surface area contributed by atoms with Crippen LogP contribution in [0.15, 0.2) is 12.7 Å². The molecule has 1 aliphatic rings. The van der Waals surface area contributed by atoms with Gasteiger partial charge in [0.05, 0.1) is 25.9 Å². The molecule has 1 aliphatic heterocycles. The molecule has 0 aliphatic carbocycles. The molecule has 2 atom stereocenters. The second-order valence-electron chi connectivity index (χ2n) is 2.41. The van der Waals surface area contributed by atoms with Crippen LogP contribution < -0.4 is 11.3 Å². The van der Waals surface area contributed by atoms with Gasteiger partial charge in [-0.25, -0.2) is 0 Å². The summed E-state index contributed by atoms with van der Waals surface area (Å²) < 4.78 is 10.6. The normalized spacial score (nSPS) is 27.9. The fourth-order valence-corrected chi connectivity index (χ4v) is 1.04. The third-order valence-corrected chi connectivity index (χ3v) is 1.69. The van der Waals surface area contributed by atoms with Gasteiger partial charge in [0, 0.05) is 0 Å². The molecule has 0 aromatic rings. The van der Waals surface area contributed by atoms with E-state index in [1.165, 1.54) is 0 Å². The van der Waals surface area contributed by atoms with Crippen LogP contribution >= 0.6 is 0 Å². The van der Waals surface area contributed by atoms with E-state index in [0.717, 1.165) is 0 Å². The Hall–Kier alpha value is -0.420. The van der Waals surface area contributed by atoms with E-state index in [2.05, 4.69) is 12.0 Å². The SMILES string of the molecule is C=CC(NN)C1COCCO1. The topological polar surface area (TPSA) is 56.5 Å². The van der Waals surface area contributed by atoms with Gasteiger partial charge in [-0.05, 0) is 0 Å². The summed E-state index contributed by atoms with van der Waals surface area (Å²) >= 11 is 0. The molecule has 0 radical (unpaired) electrons. The lowest BCUT2D eigenvalue weighted by Crippen LogP contribution is -2.48. The Morgan fingerprint density at radius 1 is 1.64 bits per heavy atom. The second-order valence-corrected chi connectivity index (χ2v) is 2.41. The summed E-state index contributed by atoms with van der Waals surface area (Å²) in [6, 6.07) is -0.0182. The van der Waals surface area contributed by atoms with Crippen LogP contribution in [0, 0.1) is 0 Å². The summed E-state index contributed by atoms with van der Waals surface area (Å²) in [6.07, 6.45) is 1.73. The quantitative estimate of drug-likeness (QED) is 0.328. The fourth-order valence-electron chi connectivity index (χ4n) is 1.04. The van der Waals surface area contributed by atoms with Gasteiger partial charge in [-0.1, -0.05) is 6.08 Å². The monoisotopic (exact) mass is 158 g/mol. The minimum Gasteiger partial charge on any atom is -0.376 e. The van der Waals surface area contributed by atoms with Crippen LogP contribution in [0.4, 0.5) is 0 Å². The van der Waals surface area contributed by atoms with Crippen LogP contribution in [0.2, 0.25) is 0 Å². The maximum Gasteiger partial charge on any atom is 0.101 e. The Labute approximate surface area is 66.3 Å². The van der Waals surface area contributed by atoms with Crippen molar-refractivity contribution in [1.29, 1.82) is 0 Å². The summed E-state index contributed by atoms with van der Waals surface area (Å²) in [5.74, 6) is 5.26. The highest BCUT2D eigenvalue weighted by Gasteiger charge is 2.21. The molecule has 1 rings (SSSR count). The van der Waals surface area contributed by atoms with E-state index in [0.29, 0.717) is 19.8 Å². The van der Waals surface area contributed by atoms with Crippen LogP contribution in [0.1, 0.15) is 0 Å². The Morgan fingerprint density at radius 3 is 2.91 bits per heavy atom. The van der Waals surface area contributed by atoms with Gasteiger partial charge in [-0.2, -0.15) is 0 Å². The molecule has 0 saturated carbocycles. The van der Waals surface area contributed by atoms with Gasteiger partial charge in [0.2, 0.25) is 0 Å². The van der Waals surface area contributed by atoms with Crippen molar-refractivity contribution in [3.63, 3.8) is 0 Å². The second kappa shape index (κ2) is 4.46. The third kappa shape index (κ3) is 2.27. The lowest BCUT2D eigenvalue weighted by atomic mass is 10.1. The largest absolute Gasteiger partial charge is 0.376 e. The molecule has 1 fully saturated rings.